The van der Waals surface area contributed by atoms with Crippen LogP contribution >= 0.6 is 0 Å². The summed E-state index contributed by atoms with van der Waals surface area (Å²) in [6, 6.07) is 8.58. The first kappa shape index (κ1) is 15.5. The van der Waals surface area contributed by atoms with Crippen LogP contribution in [0.1, 0.15) is 27.7 Å². The smallest absolute Gasteiger partial charge is 0.399 e. The maximum atomic E-state index is 6.12. The van der Waals surface area contributed by atoms with Crippen LogP contribution in [0.5, 0.6) is 0 Å². The molecule has 1 aromatic rings. The van der Waals surface area contributed by atoms with Gasteiger partial charge in [0.25, 0.3) is 0 Å². The highest BCUT2D eigenvalue weighted by Crippen LogP contribution is 2.36. The third kappa shape index (κ3) is 2.65. The third-order valence-electron chi connectivity index (χ3n) is 4.67. The van der Waals surface area contributed by atoms with E-state index in [1.165, 1.54) is 5.19 Å². The van der Waals surface area contributed by atoms with E-state index in [-0.39, 0.29) is 18.3 Å². The Kier molecular flexibility index (Phi) is 3.78. The molecule has 1 heterocycles. The summed E-state index contributed by atoms with van der Waals surface area (Å²) in [5.41, 5.74) is 2.62. The number of hydrogen-bond acceptors (Lipinski definition) is 2. The zero-order valence-corrected chi connectivity index (χ0v) is 14.5. The van der Waals surface area contributed by atoms with Gasteiger partial charge in [0.2, 0.25) is 0 Å². The van der Waals surface area contributed by atoms with Crippen LogP contribution in [-0.4, -0.2) is 26.4 Å². The minimum absolute atomic E-state index is 0.283. The van der Waals surface area contributed by atoms with Gasteiger partial charge in [0.15, 0.2) is 0 Å². The van der Waals surface area contributed by atoms with E-state index in [9.17, 15) is 0 Å². The summed E-state index contributed by atoms with van der Waals surface area (Å²) in [7, 11) is -1.84. The standard InChI is InChI=1S/C16H25BO2Si/c1-8-20(6,7)14-11-9-10-13(12-14)17-18-15(2,3)16(4,5)19-17/h8-12H,1H2,2-7H3. The predicted octanol–water partition coefficient (Wildman–Crippen LogP) is 2.63. The Morgan fingerprint density at radius 3 is 2.15 bits per heavy atom. The van der Waals surface area contributed by atoms with Gasteiger partial charge < -0.3 is 9.31 Å². The first-order valence-electron chi connectivity index (χ1n) is 7.19. The van der Waals surface area contributed by atoms with Gasteiger partial charge in [-0.15, -0.1) is 6.58 Å². The summed E-state index contributed by atoms with van der Waals surface area (Å²) in [5.74, 6) is 0. The van der Waals surface area contributed by atoms with Gasteiger partial charge in [0.05, 0.1) is 11.2 Å². The Labute approximate surface area is 124 Å². The molecule has 0 aromatic heterocycles. The molecule has 0 bridgehead atoms. The molecule has 1 aliphatic rings. The second kappa shape index (κ2) is 4.86. The second-order valence-corrected chi connectivity index (χ2v) is 11.6. The zero-order valence-electron chi connectivity index (χ0n) is 13.5. The molecule has 0 saturated carbocycles. The van der Waals surface area contributed by atoms with Crippen molar-refractivity contribution in [2.45, 2.75) is 52.0 Å². The van der Waals surface area contributed by atoms with Gasteiger partial charge in [-0.25, -0.2) is 0 Å². The highest BCUT2D eigenvalue weighted by Gasteiger charge is 2.51. The SMILES string of the molecule is C=C[Si](C)(C)c1cccc(B2OC(C)(C)C(C)(C)O2)c1. The molecule has 0 unspecified atom stereocenters. The van der Waals surface area contributed by atoms with Crippen molar-refractivity contribution in [3.63, 3.8) is 0 Å². The quantitative estimate of drug-likeness (QED) is 0.796. The van der Waals surface area contributed by atoms with E-state index in [1.54, 1.807) is 0 Å². The normalized spacial score (nSPS) is 21.0. The average Bonchev–Trinajstić information content (AvgIpc) is 2.59. The molecule has 0 amide bonds. The van der Waals surface area contributed by atoms with Crippen molar-refractivity contribution in [1.82, 2.24) is 0 Å². The van der Waals surface area contributed by atoms with Gasteiger partial charge in [-0.3, -0.25) is 0 Å². The van der Waals surface area contributed by atoms with Crippen LogP contribution in [0.3, 0.4) is 0 Å². The lowest BCUT2D eigenvalue weighted by molar-refractivity contribution is 0.00578. The first-order chi connectivity index (χ1) is 9.09. The topological polar surface area (TPSA) is 18.5 Å². The van der Waals surface area contributed by atoms with E-state index in [4.69, 9.17) is 9.31 Å². The molecular weight excluding hydrogens is 263 g/mol. The van der Waals surface area contributed by atoms with Gasteiger partial charge in [0, 0.05) is 0 Å². The van der Waals surface area contributed by atoms with Gasteiger partial charge in [-0.2, -0.15) is 0 Å². The summed E-state index contributed by atoms with van der Waals surface area (Å²) in [5, 5.41) is 1.36. The molecule has 2 rings (SSSR count). The van der Waals surface area contributed by atoms with Crippen molar-refractivity contribution in [1.29, 1.82) is 0 Å². The minimum Gasteiger partial charge on any atom is -0.399 e. The lowest BCUT2D eigenvalue weighted by atomic mass is 9.79. The summed E-state index contributed by atoms with van der Waals surface area (Å²) in [4.78, 5) is 0. The molecule has 20 heavy (non-hydrogen) atoms. The van der Waals surface area contributed by atoms with E-state index in [1.807, 2.05) is 0 Å². The van der Waals surface area contributed by atoms with Crippen LogP contribution in [0, 0.1) is 0 Å². The molecule has 2 nitrogen and oxygen atoms in total. The number of hydrogen-bond donors (Lipinski definition) is 0. The fourth-order valence-electron chi connectivity index (χ4n) is 2.18. The van der Waals surface area contributed by atoms with E-state index < -0.39 is 8.07 Å². The predicted molar refractivity (Wildman–Crippen MR) is 89.5 cm³/mol. The molecule has 1 aliphatic heterocycles. The van der Waals surface area contributed by atoms with Gasteiger partial charge in [-0.1, -0.05) is 48.2 Å². The van der Waals surface area contributed by atoms with E-state index in [0.29, 0.717) is 0 Å². The minimum atomic E-state index is -1.55. The van der Waals surface area contributed by atoms with Crippen LogP contribution in [0.4, 0.5) is 0 Å². The van der Waals surface area contributed by atoms with Crippen molar-refractivity contribution in [2.24, 2.45) is 0 Å². The lowest BCUT2D eigenvalue weighted by Crippen LogP contribution is -2.44. The Morgan fingerprint density at radius 1 is 1.10 bits per heavy atom. The van der Waals surface area contributed by atoms with Crippen molar-refractivity contribution < 1.29 is 9.31 Å². The molecule has 0 N–H and O–H groups in total. The molecule has 108 valence electrons. The Bertz CT molecular complexity index is 507. The zero-order chi connectivity index (χ0) is 15.2. The molecular formula is C16H25BO2Si. The van der Waals surface area contributed by atoms with Gasteiger partial charge in [-0.05, 0) is 33.2 Å². The Balaban J connectivity index is 2.32. The van der Waals surface area contributed by atoms with Crippen LogP contribution in [0.15, 0.2) is 36.5 Å². The fraction of sp³-hybridized carbons (Fsp3) is 0.500. The Morgan fingerprint density at radius 2 is 1.65 bits per heavy atom. The summed E-state index contributed by atoms with van der Waals surface area (Å²) < 4.78 is 12.2. The van der Waals surface area contributed by atoms with Crippen molar-refractivity contribution in [2.75, 3.05) is 0 Å². The second-order valence-electron chi connectivity index (χ2n) is 7.14. The van der Waals surface area contributed by atoms with E-state index in [0.717, 1.165) is 5.46 Å². The highest BCUT2D eigenvalue weighted by molar-refractivity contribution is 6.94. The average molecular weight is 288 g/mol. The molecule has 0 atom stereocenters. The van der Waals surface area contributed by atoms with Crippen molar-refractivity contribution >= 4 is 25.8 Å². The molecule has 0 radical (unpaired) electrons. The summed E-state index contributed by atoms with van der Waals surface area (Å²) in [6.45, 7) is 16.9. The molecule has 1 aromatic carbocycles. The third-order valence-corrected chi connectivity index (χ3v) is 7.49. The maximum absolute atomic E-state index is 6.12. The van der Waals surface area contributed by atoms with Crippen molar-refractivity contribution in [3.8, 4) is 0 Å². The Hall–Kier alpha value is -0.838. The fourth-order valence-corrected chi connectivity index (χ4v) is 3.48. The summed E-state index contributed by atoms with van der Waals surface area (Å²) >= 11 is 0. The molecule has 0 aliphatic carbocycles. The highest BCUT2D eigenvalue weighted by atomic mass is 28.3. The summed E-state index contributed by atoms with van der Waals surface area (Å²) in [6.07, 6.45) is 0. The van der Waals surface area contributed by atoms with Gasteiger partial charge in [0.1, 0.15) is 8.07 Å². The first-order valence-corrected chi connectivity index (χ1v) is 10.3. The molecule has 1 saturated heterocycles. The van der Waals surface area contributed by atoms with Crippen molar-refractivity contribution in [3.05, 3.63) is 36.5 Å². The molecule has 4 heteroatoms. The van der Waals surface area contributed by atoms with Crippen LogP contribution in [0.2, 0.25) is 13.1 Å². The largest absolute Gasteiger partial charge is 0.494 e. The lowest BCUT2D eigenvalue weighted by Gasteiger charge is -2.32. The molecule has 1 fully saturated rings. The molecule has 0 spiro atoms. The van der Waals surface area contributed by atoms with Crippen LogP contribution in [0.25, 0.3) is 0 Å². The number of benzene rings is 1. The monoisotopic (exact) mass is 288 g/mol. The van der Waals surface area contributed by atoms with Crippen LogP contribution < -0.4 is 10.6 Å². The van der Waals surface area contributed by atoms with E-state index >= 15 is 0 Å². The van der Waals surface area contributed by atoms with Crippen LogP contribution in [-0.2, 0) is 9.31 Å². The van der Waals surface area contributed by atoms with Gasteiger partial charge >= 0.3 is 7.12 Å². The maximum Gasteiger partial charge on any atom is 0.494 e. The van der Waals surface area contributed by atoms with E-state index in [2.05, 4.69) is 77.3 Å². The number of rotatable bonds is 3.